The first kappa shape index (κ1) is 33.1. The number of aliphatic hydroxyl groups excluding tert-OH is 1. The number of likely N-dealkylation sites (N-methyl/N-ethyl adjacent to an activating group) is 2. The van der Waals surface area contributed by atoms with E-state index in [4.69, 9.17) is 5.73 Å². The minimum absolute atomic E-state index is 0.0742. The van der Waals surface area contributed by atoms with Crippen LogP contribution in [0.2, 0.25) is 0 Å². The van der Waals surface area contributed by atoms with Crippen LogP contribution in [-0.2, 0) is 27.2 Å². The van der Waals surface area contributed by atoms with Gasteiger partial charge in [0.15, 0.2) is 0 Å². The fourth-order valence-electron chi connectivity index (χ4n) is 5.36. The van der Waals surface area contributed by atoms with Crippen LogP contribution in [0.1, 0.15) is 43.0 Å². The molecule has 9 heteroatoms. The standard InChI is InChI=1S/C35H44N4O4S/c1-25(40)24-37-33(42)30(23-29-12-8-21-44-29)39(3)34(43)31(38(2)32(41)13-7-18-35(36)19-9-20-35)22-26-14-16-28(17-15-26)27-10-5-4-6-11-27/h4-8,10-17,21,25,30-31,40H,9,18-20,22-24,36H2,1-3H3,(H,37,42)/t25-,30-,31-/m1/s1. The maximum Gasteiger partial charge on any atom is 0.246 e. The Hall–Kier alpha value is -3.79. The number of nitrogens with zero attached hydrogens (tertiary/aromatic N) is 2. The summed E-state index contributed by atoms with van der Waals surface area (Å²) in [6.07, 6.45) is 6.77. The molecule has 44 heavy (non-hydrogen) atoms. The second-order valence-corrected chi connectivity index (χ2v) is 12.9. The van der Waals surface area contributed by atoms with Gasteiger partial charge in [0.05, 0.1) is 6.10 Å². The molecular weight excluding hydrogens is 572 g/mol. The number of aliphatic hydroxyl groups is 1. The van der Waals surface area contributed by atoms with E-state index in [0.29, 0.717) is 12.8 Å². The summed E-state index contributed by atoms with van der Waals surface area (Å²) in [5.41, 5.74) is 9.13. The van der Waals surface area contributed by atoms with E-state index in [1.807, 2.05) is 72.1 Å². The zero-order valence-electron chi connectivity index (χ0n) is 25.8. The highest BCUT2D eigenvalue weighted by Gasteiger charge is 2.35. The highest BCUT2D eigenvalue weighted by atomic mass is 32.1. The summed E-state index contributed by atoms with van der Waals surface area (Å²) >= 11 is 1.51. The monoisotopic (exact) mass is 616 g/mol. The number of thiophene rings is 1. The molecule has 0 unspecified atom stereocenters. The summed E-state index contributed by atoms with van der Waals surface area (Å²) in [5, 5.41) is 14.4. The van der Waals surface area contributed by atoms with E-state index in [2.05, 4.69) is 5.32 Å². The van der Waals surface area contributed by atoms with Crippen molar-refractivity contribution in [2.24, 2.45) is 5.73 Å². The minimum Gasteiger partial charge on any atom is -0.392 e. The van der Waals surface area contributed by atoms with Crippen molar-refractivity contribution in [3.05, 3.63) is 94.7 Å². The molecule has 0 saturated heterocycles. The minimum atomic E-state index is -0.856. The summed E-state index contributed by atoms with van der Waals surface area (Å²) in [4.78, 5) is 44.8. The van der Waals surface area contributed by atoms with Crippen LogP contribution < -0.4 is 11.1 Å². The Kier molecular flexibility index (Phi) is 11.5. The zero-order chi connectivity index (χ0) is 31.7. The number of amides is 3. The summed E-state index contributed by atoms with van der Waals surface area (Å²) in [7, 11) is 3.24. The second-order valence-electron chi connectivity index (χ2n) is 11.9. The molecule has 8 nitrogen and oxygen atoms in total. The van der Waals surface area contributed by atoms with Crippen molar-refractivity contribution < 1.29 is 19.5 Å². The van der Waals surface area contributed by atoms with E-state index in [0.717, 1.165) is 40.8 Å². The van der Waals surface area contributed by atoms with Crippen LogP contribution in [-0.4, -0.2) is 77.0 Å². The fourth-order valence-corrected chi connectivity index (χ4v) is 6.10. The van der Waals surface area contributed by atoms with Gasteiger partial charge in [-0.25, -0.2) is 0 Å². The molecule has 1 fully saturated rings. The molecule has 0 spiro atoms. The van der Waals surface area contributed by atoms with Crippen LogP contribution in [0.15, 0.2) is 84.3 Å². The van der Waals surface area contributed by atoms with Gasteiger partial charge in [-0.2, -0.15) is 0 Å². The first-order valence-corrected chi connectivity index (χ1v) is 16.1. The molecule has 0 bridgehead atoms. The number of rotatable bonds is 14. The highest BCUT2D eigenvalue weighted by molar-refractivity contribution is 7.09. The van der Waals surface area contributed by atoms with Gasteiger partial charge in [-0.1, -0.05) is 66.7 Å². The SMILES string of the molecule is C[C@@H](O)CNC(=O)[C@@H](Cc1cccs1)N(C)C(=O)[C@@H](Cc1ccc(-c2ccccc2)cc1)N(C)C(=O)C=CCC1(N)CCC1. The number of hydrogen-bond donors (Lipinski definition) is 3. The lowest BCUT2D eigenvalue weighted by Gasteiger charge is -2.37. The third kappa shape index (κ3) is 8.87. The van der Waals surface area contributed by atoms with Crippen molar-refractivity contribution in [3.63, 3.8) is 0 Å². The van der Waals surface area contributed by atoms with Crippen molar-refractivity contribution in [2.75, 3.05) is 20.6 Å². The lowest BCUT2D eigenvalue weighted by atomic mass is 9.75. The van der Waals surface area contributed by atoms with E-state index in [1.54, 1.807) is 27.1 Å². The number of carbonyl (C=O) groups is 3. The summed E-state index contributed by atoms with van der Waals surface area (Å²) in [5.74, 6) is -0.998. The molecule has 0 aliphatic heterocycles. The van der Waals surface area contributed by atoms with Gasteiger partial charge in [-0.3, -0.25) is 14.4 Å². The van der Waals surface area contributed by atoms with Gasteiger partial charge in [0.2, 0.25) is 17.7 Å². The molecule has 234 valence electrons. The van der Waals surface area contributed by atoms with E-state index >= 15 is 0 Å². The topological polar surface area (TPSA) is 116 Å². The molecule has 3 amide bonds. The molecule has 3 atom stereocenters. The molecule has 2 aromatic carbocycles. The second kappa shape index (κ2) is 15.3. The van der Waals surface area contributed by atoms with E-state index in [1.165, 1.54) is 27.2 Å². The maximum absolute atomic E-state index is 14.2. The fraction of sp³-hybridized carbons (Fsp3) is 0.400. The van der Waals surface area contributed by atoms with Gasteiger partial charge in [-0.05, 0) is 66.8 Å². The normalized spacial score (nSPS) is 16.0. The first-order chi connectivity index (χ1) is 21.1. The molecule has 1 heterocycles. The first-order valence-electron chi connectivity index (χ1n) is 15.2. The van der Waals surface area contributed by atoms with Crippen LogP contribution in [0.25, 0.3) is 11.1 Å². The van der Waals surface area contributed by atoms with Crippen LogP contribution in [0.3, 0.4) is 0 Å². The van der Waals surface area contributed by atoms with Crippen molar-refractivity contribution in [1.82, 2.24) is 15.1 Å². The average molecular weight is 617 g/mol. The molecule has 1 saturated carbocycles. The predicted octanol–water partition coefficient (Wildman–Crippen LogP) is 4.18. The Morgan fingerprint density at radius 1 is 0.955 bits per heavy atom. The Bertz CT molecular complexity index is 1400. The van der Waals surface area contributed by atoms with Gasteiger partial charge in [0, 0.05) is 43.9 Å². The molecular formula is C35H44N4O4S. The van der Waals surface area contributed by atoms with Crippen LogP contribution in [0, 0.1) is 0 Å². The van der Waals surface area contributed by atoms with Crippen molar-refractivity contribution in [2.45, 2.75) is 69.2 Å². The Labute approximate surface area is 264 Å². The molecule has 3 aromatic rings. The Morgan fingerprint density at radius 3 is 2.23 bits per heavy atom. The van der Waals surface area contributed by atoms with Crippen molar-refractivity contribution in [1.29, 1.82) is 0 Å². The summed E-state index contributed by atoms with van der Waals surface area (Å²) in [6, 6.07) is 20.2. The third-order valence-electron chi connectivity index (χ3n) is 8.39. The molecule has 1 aromatic heterocycles. The van der Waals surface area contributed by atoms with Crippen LogP contribution in [0.5, 0.6) is 0 Å². The van der Waals surface area contributed by atoms with E-state index in [-0.39, 0.29) is 36.2 Å². The quantitative estimate of drug-likeness (QED) is 0.235. The van der Waals surface area contributed by atoms with E-state index in [9.17, 15) is 19.5 Å². The number of benzene rings is 2. The number of nitrogens with one attached hydrogen (secondary N) is 1. The predicted molar refractivity (Wildman–Crippen MR) is 176 cm³/mol. The van der Waals surface area contributed by atoms with E-state index < -0.39 is 18.2 Å². The summed E-state index contributed by atoms with van der Waals surface area (Å²) in [6.45, 7) is 1.67. The Balaban J connectivity index is 1.58. The van der Waals surface area contributed by atoms with Gasteiger partial charge >= 0.3 is 0 Å². The smallest absolute Gasteiger partial charge is 0.246 e. The van der Waals surface area contributed by atoms with Gasteiger partial charge < -0.3 is 26.0 Å². The maximum atomic E-state index is 14.2. The van der Waals surface area contributed by atoms with Crippen LogP contribution in [0.4, 0.5) is 0 Å². The van der Waals surface area contributed by atoms with Crippen molar-refractivity contribution in [3.8, 4) is 11.1 Å². The van der Waals surface area contributed by atoms with Gasteiger partial charge in [0.1, 0.15) is 12.1 Å². The third-order valence-corrected chi connectivity index (χ3v) is 9.29. The average Bonchev–Trinajstić information content (AvgIpc) is 3.53. The van der Waals surface area contributed by atoms with Crippen LogP contribution >= 0.6 is 11.3 Å². The van der Waals surface area contributed by atoms with Gasteiger partial charge in [-0.15, -0.1) is 11.3 Å². The summed E-state index contributed by atoms with van der Waals surface area (Å²) < 4.78 is 0. The molecule has 1 aliphatic carbocycles. The Morgan fingerprint density at radius 2 is 1.64 bits per heavy atom. The molecule has 1 aliphatic rings. The number of nitrogens with two attached hydrogens (primary N) is 1. The number of hydrogen-bond acceptors (Lipinski definition) is 6. The molecule has 4 rings (SSSR count). The number of carbonyl (C=O) groups excluding carboxylic acids is 3. The lowest BCUT2D eigenvalue weighted by Crippen LogP contribution is -2.56. The molecule has 4 N–H and O–H groups in total. The van der Waals surface area contributed by atoms with Crippen molar-refractivity contribution >= 4 is 29.1 Å². The highest BCUT2D eigenvalue weighted by Crippen LogP contribution is 2.32. The lowest BCUT2D eigenvalue weighted by molar-refractivity contribution is -0.146. The largest absolute Gasteiger partial charge is 0.392 e. The van der Waals surface area contributed by atoms with Gasteiger partial charge in [0.25, 0.3) is 0 Å². The molecule has 0 radical (unpaired) electrons. The zero-order valence-corrected chi connectivity index (χ0v) is 26.6.